The molecule has 0 spiro atoms. The van der Waals surface area contributed by atoms with Gasteiger partial charge in [0.25, 0.3) is 6.71 Å². The maximum absolute atomic E-state index is 6.53. The molecule has 8 aromatic carbocycles. The van der Waals surface area contributed by atoms with E-state index in [0.717, 1.165) is 44.4 Å². The van der Waals surface area contributed by atoms with Gasteiger partial charge in [-0.25, -0.2) is 0 Å². The summed E-state index contributed by atoms with van der Waals surface area (Å²) in [4.78, 5) is 5.11. The highest BCUT2D eigenvalue weighted by Crippen LogP contribution is 2.48. The van der Waals surface area contributed by atoms with Crippen molar-refractivity contribution >= 4 is 79.2 Å². The lowest BCUT2D eigenvalue weighted by atomic mass is 9.33. The second-order valence-corrected chi connectivity index (χ2v) is 21.1. The third kappa shape index (κ3) is 6.49. The van der Waals surface area contributed by atoms with Crippen molar-refractivity contribution in [2.75, 3.05) is 9.80 Å². The monoisotopic (exact) mass is 830 g/mol. The molecule has 0 aliphatic carbocycles. The maximum atomic E-state index is 6.53. The molecule has 0 unspecified atom stereocenters. The summed E-state index contributed by atoms with van der Waals surface area (Å²) in [7, 11) is 0. The number of hydrogen-bond donors (Lipinski definition) is 0. The van der Waals surface area contributed by atoms with Gasteiger partial charge in [-0.1, -0.05) is 178 Å². The Morgan fingerprint density at radius 2 is 0.953 bits per heavy atom. The summed E-state index contributed by atoms with van der Waals surface area (Å²) in [5.41, 5.74) is 21.5. The van der Waals surface area contributed by atoms with Crippen LogP contribution in [0.3, 0.4) is 0 Å². The van der Waals surface area contributed by atoms with Crippen molar-refractivity contribution in [3.8, 4) is 22.3 Å². The smallest absolute Gasteiger partial charge is 0.252 e. The molecular formula is C60H55BN2O. The lowest BCUT2D eigenvalue weighted by molar-refractivity contribution is 0.589. The Morgan fingerprint density at radius 1 is 0.391 bits per heavy atom. The number of benzene rings is 8. The van der Waals surface area contributed by atoms with Crippen molar-refractivity contribution < 1.29 is 4.42 Å². The summed E-state index contributed by atoms with van der Waals surface area (Å²) in [5.74, 6) is 0. The van der Waals surface area contributed by atoms with Crippen LogP contribution in [0.25, 0.3) is 44.2 Å². The topological polar surface area (TPSA) is 19.6 Å². The minimum atomic E-state index is -0.117. The van der Waals surface area contributed by atoms with Gasteiger partial charge in [0.05, 0.1) is 0 Å². The van der Waals surface area contributed by atoms with Crippen LogP contribution in [0.1, 0.15) is 79.0 Å². The van der Waals surface area contributed by atoms with Crippen molar-refractivity contribution in [2.24, 2.45) is 0 Å². The highest BCUT2D eigenvalue weighted by molar-refractivity contribution is 7.00. The Hall–Kier alpha value is -6.78. The van der Waals surface area contributed by atoms with Crippen LogP contribution in [0.15, 0.2) is 174 Å². The van der Waals surface area contributed by atoms with Crippen LogP contribution < -0.4 is 26.2 Å². The van der Waals surface area contributed by atoms with Crippen LogP contribution in [-0.4, -0.2) is 6.71 Å². The average Bonchev–Trinajstić information content (AvgIpc) is 3.67. The second kappa shape index (κ2) is 14.4. The molecule has 3 heterocycles. The molecule has 0 radical (unpaired) electrons. The van der Waals surface area contributed by atoms with Crippen LogP contribution in [-0.2, 0) is 16.2 Å². The van der Waals surface area contributed by atoms with Gasteiger partial charge in [-0.3, -0.25) is 0 Å². The van der Waals surface area contributed by atoms with Crippen LogP contribution in [0.5, 0.6) is 0 Å². The number of rotatable bonds is 4. The van der Waals surface area contributed by atoms with E-state index >= 15 is 0 Å². The van der Waals surface area contributed by atoms with Gasteiger partial charge in [-0.2, -0.15) is 0 Å². The van der Waals surface area contributed by atoms with Gasteiger partial charge in [0.2, 0.25) is 0 Å². The Bertz CT molecular complexity index is 3270. The lowest BCUT2D eigenvalue weighted by Gasteiger charge is -2.45. The molecule has 2 aliphatic rings. The van der Waals surface area contributed by atoms with Crippen molar-refractivity contribution in [1.29, 1.82) is 0 Å². The molecule has 0 atom stereocenters. The molecule has 0 saturated carbocycles. The van der Waals surface area contributed by atoms with E-state index < -0.39 is 0 Å². The SMILES string of the molecule is CC(C)(C)c1ccc(N2c3ccc(-c4ccccc4)cc3B3c4ccc(C(C)(C)C)cc4N(c4ccc(-c5cccc6c5oc5ccccc56)cc4)c4cc(C(C)(C)C)cc2c43)cc1. The highest BCUT2D eigenvalue weighted by Gasteiger charge is 2.44. The molecule has 4 heteroatoms. The molecule has 0 fully saturated rings. The fourth-order valence-electron chi connectivity index (χ4n) is 10.1. The van der Waals surface area contributed by atoms with E-state index in [4.69, 9.17) is 4.42 Å². The summed E-state index contributed by atoms with van der Waals surface area (Å²) in [5, 5.41) is 2.28. The Morgan fingerprint density at radius 3 is 1.62 bits per heavy atom. The molecule has 1 aromatic heterocycles. The van der Waals surface area contributed by atoms with Gasteiger partial charge >= 0.3 is 0 Å². The normalized spacial score (nSPS) is 13.6. The van der Waals surface area contributed by atoms with Gasteiger partial charge in [0, 0.05) is 50.5 Å². The fourth-order valence-corrected chi connectivity index (χ4v) is 10.1. The number of hydrogen-bond acceptors (Lipinski definition) is 3. The summed E-state index contributed by atoms with van der Waals surface area (Å²) in [6.07, 6.45) is 0. The zero-order chi connectivity index (χ0) is 44.3. The minimum absolute atomic E-state index is 0.00741. The molecule has 0 N–H and O–H groups in total. The molecule has 314 valence electrons. The second-order valence-electron chi connectivity index (χ2n) is 21.1. The Labute approximate surface area is 379 Å². The van der Waals surface area contributed by atoms with Gasteiger partial charge in [0.1, 0.15) is 11.2 Å². The highest BCUT2D eigenvalue weighted by atomic mass is 16.3. The maximum Gasteiger partial charge on any atom is 0.252 e. The standard InChI is InChI=1S/C60H55BN2O/c1-58(2,3)41-25-30-45(31-26-41)62-51-33-24-40(38-16-11-10-12-17-38)34-50(51)61-49-32-27-42(59(4,5)6)35-52(49)63(54-37-43(60(7,8)9)36-53(62)56(54)61)44-28-22-39(23-29-44)46-19-15-20-48-47-18-13-14-21-55(47)64-57(46)48/h10-37H,1-9H3. The molecule has 0 saturated heterocycles. The average molecular weight is 831 g/mol. The molecule has 11 rings (SSSR count). The van der Waals surface area contributed by atoms with Crippen LogP contribution >= 0.6 is 0 Å². The zero-order valence-electron chi connectivity index (χ0n) is 38.5. The first-order valence-electron chi connectivity index (χ1n) is 22.9. The number of anilines is 6. The summed E-state index contributed by atoms with van der Waals surface area (Å²) in [6, 6.07) is 63.6. The molecule has 0 amide bonds. The predicted molar refractivity (Wildman–Crippen MR) is 275 cm³/mol. The number of nitrogens with zero attached hydrogens (tertiary/aromatic N) is 2. The van der Waals surface area contributed by atoms with E-state index in [9.17, 15) is 0 Å². The lowest BCUT2D eigenvalue weighted by Crippen LogP contribution is -2.61. The van der Waals surface area contributed by atoms with Gasteiger partial charge < -0.3 is 14.2 Å². The van der Waals surface area contributed by atoms with Crippen LogP contribution in [0.4, 0.5) is 34.1 Å². The van der Waals surface area contributed by atoms with E-state index in [1.54, 1.807) is 0 Å². The Kier molecular flexibility index (Phi) is 8.99. The van der Waals surface area contributed by atoms with Gasteiger partial charge in [-0.15, -0.1) is 0 Å². The van der Waals surface area contributed by atoms with Crippen molar-refractivity contribution in [3.63, 3.8) is 0 Å². The molecule has 64 heavy (non-hydrogen) atoms. The quantitative estimate of drug-likeness (QED) is 0.165. The summed E-state index contributed by atoms with van der Waals surface area (Å²) < 4.78 is 6.53. The van der Waals surface area contributed by atoms with E-state index in [1.165, 1.54) is 67.0 Å². The molecule has 2 aliphatic heterocycles. The van der Waals surface area contributed by atoms with E-state index in [2.05, 4.69) is 236 Å². The van der Waals surface area contributed by atoms with Crippen molar-refractivity contribution in [3.05, 3.63) is 187 Å². The summed E-state index contributed by atoms with van der Waals surface area (Å²) >= 11 is 0. The van der Waals surface area contributed by atoms with Crippen molar-refractivity contribution in [1.82, 2.24) is 0 Å². The van der Waals surface area contributed by atoms with Crippen LogP contribution in [0.2, 0.25) is 0 Å². The van der Waals surface area contributed by atoms with Gasteiger partial charge in [-0.05, 0) is 121 Å². The number of furan rings is 1. The number of fused-ring (bicyclic) bond motifs is 7. The number of para-hydroxylation sites is 2. The zero-order valence-corrected chi connectivity index (χ0v) is 38.5. The first-order chi connectivity index (χ1) is 30.6. The van der Waals surface area contributed by atoms with E-state index in [-0.39, 0.29) is 23.0 Å². The van der Waals surface area contributed by atoms with Gasteiger partial charge in [0.15, 0.2) is 0 Å². The Balaban J connectivity index is 1.18. The van der Waals surface area contributed by atoms with Crippen molar-refractivity contribution in [2.45, 2.75) is 78.6 Å². The van der Waals surface area contributed by atoms with Crippen LogP contribution in [0, 0.1) is 0 Å². The fraction of sp³-hybridized carbons (Fsp3) is 0.200. The summed E-state index contributed by atoms with van der Waals surface area (Å²) in [6.45, 7) is 20.9. The molecular weight excluding hydrogens is 775 g/mol. The minimum Gasteiger partial charge on any atom is -0.455 e. The third-order valence-electron chi connectivity index (χ3n) is 13.7. The van der Waals surface area contributed by atoms with E-state index in [1.807, 2.05) is 6.07 Å². The first kappa shape index (κ1) is 40.0. The molecule has 0 bridgehead atoms. The first-order valence-corrected chi connectivity index (χ1v) is 22.9. The third-order valence-corrected chi connectivity index (χ3v) is 13.7. The molecule has 3 nitrogen and oxygen atoms in total. The predicted octanol–water partition coefficient (Wildman–Crippen LogP) is 14.9. The van der Waals surface area contributed by atoms with E-state index in [0.29, 0.717) is 0 Å². The largest absolute Gasteiger partial charge is 0.455 e. The molecule has 9 aromatic rings.